The van der Waals surface area contributed by atoms with E-state index in [1.165, 1.54) is 29.7 Å². The number of ether oxygens (including phenoxy) is 1. The van der Waals surface area contributed by atoms with E-state index in [1.54, 1.807) is 11.0 Å². The van der Waals surface area contributed by atoms with Crippen molar-refractivity contribution in [2.45, 2.75) is 10.9 Å². The number of hydrogen-bond donors (Lipinski definition) is 2. The molecule has 1 saturated heterocycles. The monoisotopic (exact) mass is 487 g/mol. The summed E-state index contributed by atoms with van der Waals surface area (Å²) < 4.78 is 61.5. The fourth-order valence-corrected chi connectivity index (χ4v) is 5.01. The van der Waals surface area contributed by atoms with E-state index in [2.05, 4.69) is 6.58 Å². The Hall–Kier alpha value is -2.57. The van der Waals surface area contributed by atoms with Crippen LogP contribution < -0.4 is 10.2 Å². The molecule has 1 aliphatic rings. The van der Waals surface area contributed by atoms with Gasteiger partial charge in [0.1, 0.15) is 11.8 Å². The van der Waals surface area contributed by atoms with Crippen molar-refractivity contribution >= 4 is 27.5 Å². The second kappa shape index (κ2) is 9.92. The molecule has 0 spiro atoms. The normalized spacial score (nSPS) is 17.7. The molecule has 1 aliphatic heterocycles. The average molecular weight is 488 g/mol. The van der Waals surface area contributed by atoms with Gasteiger partial charge in [0.05, 0.1) is 4.90 Å². The minimum Gasteiger partial charge on any atom is -0.451 e. The molecular weight excluding hydrogens is 468 g/mol. The number of carbonyl (C=O) groups excluding carboxylic acids is 1. The van der Waals surface area contributed by atoms with Gasteiger partial charge in [-0.05, 0) is 36.4 Å². The maximum atomic E-state index is 14.6. The number of rotatable bonds is 7. The van der Waals surface area contributed by atoms with Gasteiger partial charge in [-0.15, -0.1) is 6.58 Å². The van der Waals surface area contributed by atoms with Crippen LogP contribution in [0.15, 0.2) is 53.9 Å². The molecule has 1 fully saturated rings. The first kappa shape index (κ1) is 24.1. The number of carbonyl (C=O) groups is 1. The van der Waals surface area contributed by atoms with Crippen LogP contribution in [0.4, 0.5) is 8.78 Å². The molecule has 2 aromatic rings. The van der Waals surface area contributed by atoms with Gasteiger partial charge < -0.3 is 4.74 Å². The van der Waals surface area contributed by atoms with E-state index in [4.69, 9.17) is 21.5 Å². The number of amides is 1. The summed E-state index contributed by atoms with van der Waals surface area (Å²) >= 11 is 5.77. The second-order valence-electron chi connectivity index (χ2n) is 6.93. The fourth-order valence-electron chi connectivity index (χ4n) is 3.29. The molecule has 3 rings (SSSR count). The van der Waals surface area contributed by atoms with Gasteiger partial charge in [0.2, 0.25) is 10.0 Å². The van der Waals surface area contributed by atoms with E-state index < -0.39 is 44.3 Å². The van der Waals surface area contributed by atoms with E-state index in [9.17, 15) is 22.0 Å². The molecule has 8 nitrogen and oxygen atoms in total. The van der Waals surface area contributed by atoms with Gasteiger partial charge in [-0.2, -0.15) is 4.31 Å². The second-order valence-corrected chi connectivity index (χ2v) is 9.25. The predicted octanol–water partition coefficient (Wildman–Crippen LogP) is 2.78. The summed E-state index contributed by atoms with van der Waals surface area (Å²) in [5, 5.41) is 9.43. The third-order valence-corrected chi connectivity index (χ3v) is 6.97. The highest BCUT2D eigenvalue weighted by Crippen LogP contribution is 2.32. The van der Waals surface area contributed by atoms with Crippen LogP contribution in [-0.4, -0.2) is 61.0 Å². The number of hydrogen-bond acceptors (Lipinski definition) is 6. The van der Waals surface area contributed by atoms with Crippen molar-refractivity contribution in [2.24, 2.45) is 0 Å². The molecule has 1 heterocycles. The average Bonchev–Trinajstić information content (AvgIpc) is 2.76. The van der Waals surface area contributed by atoms with Gasteiger partial charge in [-0.1, -0.05) is 17.7 Å². The molecule has 1 amide bonds. The van der Waals surface area contributed by atoms with Crippen molar-refractivity contribution in [1.82, 2.24) is 14.7 Å². The van der Waals surface area contributed by atoms with E-state index in [0.717, 1.165) is 4.31 Å². The minimum absolute atomic E-state index is 0.0413. The summed E-state index contributed by atoms with van der Waals surface area (Å²) in [4.78, 5) is 13.2. The number of sulfonamides is 1. The molecule has 0 aliphatic carbocycles. The molecule has 2 aromatic carbocycles. The Kier molecular flexibility index (Phi) is 7.47. The van der Waals surface area contributed by atoms with Crippen molar-refractivity contribution in [1.29, 1.82) is 0 Å². The van der Waals surface area contributed by atoms with Crippen molar-refractivity contribution in [3.05, 3.63) is 65.7 Å². The smallest absolute Gasteiger partial charge is 0.263 e. The summed E-state index contributed by atoms with van der Waals surface area (Å²) in [5.74, 6) is -4.14. The van der Waals surface area contributed by atoms with Gasteiger partial charge in [0, 0.05) is 31.2 Å². The van der Waals surface area contributed by atoms with E-state index in [-0.39, 0.29) is 25.4 Å². The third-order valence-electron chi connectivity index (χ3n) is 4.83. The zero-order valence-corrected chi connectivity index (χ0v) is 18.2. The minimum atomic E-state index is -4.49. The van der Waals surface area contributed by atoms with Crippen LogP contribution in [0.2, 0.25) is 5.02 Å². The van der Waals surface area contributed by atoms with Crippen LogP contribution in [-0.2, 0) is 14.8 Å². The van der Waals surface area contributed by atoms with Crippen LogP contribution in [0.25, 0.3) is 0 Å². The van der Waals surface area contributed by atoms with Crippen LogP contribution in [0, 0.1) is 11.6 Å². The lowest BCUT2D eigenvalue weighted by Crippen LogP contribution is -2.60. The molecule has 0 bridgehead atoms. The van der Waals surface area contributed by atoms with Crippen LogP contribution >= 0.6 is 11.6 Å². The Morgan fingerprint density at radius 1 is 1.25 bits per heavy atom. The molecule has 0 saturated carbocycles. The van der Waals surface area contributed by atoms with E-state index >= 15 is 0 Å². The Labute approximate surface area is 188 Å². The lowest BCUT2D eigenvalue weighted by atomic mass is 10.2. The zero-order valence-electron chi connectivity index (χ0n) is 16.7. The zero-order chi connectivity index (χ0) is 23.5. The molecule has 0 unspecified atom stereocenters. The SMILES string of the molecule is C=CCN1CCN(S(=O)(=O)c2cc(F)c(Oc3ccc(Cl)cc3)c(F)c2)[C@@H](C(=O)NO)C1. The Morgan fingerprint density at radius 3 is 2.44 bits per heavy atom. The summed E-state index contributed by atoms with van der Waals surface area (Å²) in [5.41, 5.74) is 1.44. The Balaban J connectivity index is 1.92. The summed E-state index contributed by atoms with van der Waals surface area (Å²) in [7, 11) is -4.49. The molecular formula is C20H20ClF2N3O5S. The lowest BCUT2D eigenvalue weighted by Gasteiger charge is -2.38. The van der Waals surface area contributed by atoms with E-state index in [0.29, 0.717) is 23.7 Å². The number of nitrogens with zero attached hydrogens (tertiary/aromatic N) is 2. The number of halogens is 3. The first-order valence-electron chi connectivity index (χ1n) is 9.39. The first-order valence-corrected chi connectivity index (χ1v) is 11.2. The lowest BCUT2D eigenvalue weighted by molar-refractivity contribution is -0.134. The molecule has 0 aromatic heterocycles. The summed E-state index contributed by atoms with van der Waals surface area (Å²) in [6, 6.07) is 5.64. The van der Waals surface area contributed by atoms with Gasteiger partial charge in [-0.25, -0.2) is 22.7 Å². The largest absolute Gasteiger partial charge is 0.451 e. The third kappa shape index (κ3) is 5.08. The molecule has 0 radical (unpaired) electrons. The van der Waals surface area contributed by atoms with Gasteiger partial charge in [0.25, 0.3) is 5.91 Å². The quantitative estimate of drug-likeness (QED) is 0.354. The molecule has 12 heteroatoms. The maximum absolute atomic E-state index is 14.6. The topological polar surface area (TPSA) is 99.2 Å². The molecule has 1 atom stereocenters. The summed E-state index contributed by atoms with van der Waals surface area (Å²) in [6.07, 6.45) is 1.59. The highest BCUT2D eigenvalue weighted by atomic mass is 35.5. The highest BCUT2D eigenvalue weighted by molar-refractivity contribution is 7.89. The van der Waals surface area contributed by atoms with Gasteiger partial charge in [0.15, 0.2) is 17.4 Å². The number of benzene rings is 2. The standard InChI is InChI=1S/C20H20ClF2N3O5S/c1-2-7-25-8-9-26(18(12-25)20(27)24-28)32(29,30)15-10-16(22)19(17(23)11-15)31-14-5-3-13(21)4-6-14/h2-6,10-11,18,28H,1,7-9,12H2,(H,24,27)/t18-/m1/s1. The molecule has 172 valence electrons. The summed E-state index contributed by atoms with van der Waals surface area (Å²) in [6.45, 7) is 4.06. The predicted molar refractivity (Wildman–Crippen MR) is 112 cm³/mol. The number of hydroxylamine groups is 1. The van der Waals surface area contributed by atoms with Crippen molar-refractivity contribution in [2.75, 3.05) is 26.2 Å². The highest BCUT2D eigenvalue weighted by Gasteiger charge is 2.40. The fraction of sp³-hybridized carbons (Fsp3) is 0.250. The van der Waals surface area contributed by atoms with Gasteiger partial charge >= 0.3 is 0 Å². The number of piperazine rings is 1. The van der Waals surface area contributed by atoms with Crippen molar-refractivity contribution in [3.8, 4) is 11.5 Å². The maximum Gasteiger partial charge on any atom is 0.263 e. The molecule has 2 N–H and O–H groups in total. The van der Waals surface area contributed by atoms with Crippen LogP contribution in [0.3, 0.4) is 0 Å². The molecule has 32 heavy (non-hydrogen) atoms. The van der Waals surface area contributed by atoms with Gasteiger partial charge in [-0.3, -0.25) is 14.9 Å². The first-order chi connectivity index (χ1) is 15.2. The van der Waals surface area contributed by atoms with Crippen LogP contribution in [0.5, 0.6) is 11.5 Å². The Morgan fingerprint density at radius 2 is 1.88 bits per heavy atom. The van der Waals surface area contributed by atoms with Crippen molar-refractivity contribution in [3.63, 3.8) is 0 Å². The van der Waals surface area contributed by atoms with Crippen molar-refractivity contribution < 1.29 is 31.9 Å². The van der Waals surface area contributed by atoms with Crippen LogP contribution in [0.1, 0.15) is 0 Å². The van der Waals surface area contributed by atoms with E-state index in [1.807, 2.05) is 0 Å². The number of nitrogens with one attached hydrogen (secondary N) is 1. The Bertz CT molecular complexity index is 1090.